The van der Waals surface area contributed by atoms with Crippen LogP contribution in [0.3, 0.4) is 0 Å². The van der Waals surface area contributed by atoms with Crippen LogP contribution in [-0.2, 0) is 11.3 Å². The van der Waals surface area contributed by atoms with Gasteiger partial charge < -0.3 is 0 Å². The van der Waals surface area contributed by atoms with E-state index in [4.69, 9.17) is 34.8 Å². The smallest absolute Gasteiger partial charge is 0.258 e. The van der Waals surface area contributed by atoms with E-state index in [0.717, 1.165) is 11.3 Å². The number of nitrogens with one attached hydrogen (secondary N) is 1. The van der Waals surface area contributed by atoms with Gasteiger partial charge in [0.05, 0.1) is 12.2 Å². The van der Waals surface area contributed by atoms with Crippen molar-refractivity contribution in [3.63, 3.8) is 0 Å². The number of aryl methyl sites for hydroxylation is 1. The zero-order valence-electron chi connectivity index (χ0n) is 13.5. The Morgan fingerprint density at radius 2 is 2.04 bits per heavy atom. The summed E-state index contributed by atoms with van der Waals surface area (Å²) >= 11 is 18.5. The molecule has 1 amide bonds. The molecule has 1 aromatic carbocycles. The van der Waals surface area contributed by atoms with Crippen molar-refractivity contribution in [3.05, 3.63) is 56.3 Å². The van der Waals surface area contributed by atoms with Crippen LogP contribution in [-0.4, -0.2) is 34.8 Å². The van der Waals surface area contributed by atoms with Gasteiger partial charge in [-0.05, 0) is 30.7 Å². The van der Waals surface area contributed by atoms with E-state index >= 15 is 0 Å². The van der Waals surface area contributed by atoms with Crippen molar-refractivity contribution < 1.29 is 4.79 Å². The van der Waals surface area contributed by atoms with E-state index in [1.54, 1.807) is 42.0 Å². The minimum Gasteiger partial charge on any atom is -0.286 e. The molecule has 0 atom stereocenters. The van der Waals surface area contributed by atoms with E-state index in [-0.39, 0.29) is 5.91 Å². The van der Waals surface area contributed by atoms with Crippen LogP contribution in [0.4, 0.5) is 0 Å². The second-order valence-electron chi connectivity index (χ2n) is 5.39. The van der Waals surface area contributed by atoms with E-state index in [1.165, 1.54) is 6.08 Å². The summed E-state index contributed by atoms with van der Waals surface area (Å²) in [5, 5.41) is 7.53. The summed E-state index contributed by atoms with van der Waals surface area (Å²) in [5.41, 5.74) is 4.88. The Labute approximate surface area is 155 Å². The van der Waals surface area contributed by atoms with Crippen molar-refractivity contribution in [2.24, 2.45) is 0 Å². The van der Waals surface area contributed by atoms with E-state index in [0.29, 0.717) is 27.3 Å². The van der Waals surface area contributed by atoms with E-state index in [1.807, 2.05) is 13.0 Å². The molecule has 1 heterocycles. The first kappa shape index (κ1) is 18.8. The molecule has 0 aliphatic carbocycles. The van der Waals surface area contributed by atoms with Crippen LogP contribution in [0, 0.1) is 6.92 Å². The van der Waals surface area contributed by atoms with Gasteiger partial charge in [-0.15, -0.1) is 0 Å². The molecule has 0 aliphatic heterocycles. The first-order valence-corrected chi connectivity index (χ1v) is 8.24. The molecular formula is C16H17Cl3N4O. The highest BCUT2D eigenvalue weighted by molar-refractivity contribution is 6.35. The molecule has 1 aromatic heterocycles. The molecule has 0 radical (unpaired) electrons. The van der Waals surface area contributed by atoms with Gasteiger partial charge in [0, 0.05) is 35.8 Å². The van der Waals surface area contributed by atoms with Gasteiger partial charge in [0.15, 0.2) is 0 Å². The van der Waals surface area contributed by atoms with Crippen LogP contribution in [0.1, 0.15) is 16.8 Å². The number of carbonyl (C=O) groups excluding carboxylic acids is 1. The Balaban J connectivity index is 2.22. The number of hydrogen-bond donors (Lipinski definition) is 1. The molecule has 24 heavy (non-hydrogen) atoms. The van der Waals surface area contributed by atoms with Gasteiger partial charge in [-0.1, -0.05) is 40.9 Å². The lowest BCUT2D eigenvalue weighted by atomic mass is 10.2. The third-order valence-corrected chi connectivity index (χ3v) is 4.17. The van der Waals surface area contributed by atoms with Crippen molar-refractivity contribution in [1.82, 2.24) is 20.2 Å². The van der Waals surface area contributed by atoms with Crippen molar-refractivity contribution in [2.45, 2.75) is 13.5 Å². The number of nitrogens with zero attached hydrogens (tertiary/aromatic N) is 3. The van der Waals surface area contributed by atoms with Gasteiger partial charge in [-0.25, -0.2) is 9.69 Å². The summed E-state index contributed by atoms with van der Waals surface area (Å²) in [6.45, 7) is 2.24. The summed E-state index contributed by atoms with van der Waals surface area (Å²) in [7, 11) is 3.47. The fourth-order valence-electron chi connectivity index (χ4n) is 2.09. The maximum Gasteiger partial charge on any atom is 0.258 e. The Hall–Kier alpha value is -1.53. The number of hydrazine groups is 1. The molecule has 5 nitrogen and oxygen atoms in total. The molecule has 8 heteroatoms. The van der Waals surface area contributed by atoms with Crippen LogP contribution in [0.25, 0.3) is 6.08 Å². The lowest BCUT2D eigenvalue weighted by molar-refractivity contribution is -0.119. The number of hydrogen-bond acceptors (Lipinski definition) is 3. The van der Waals surface area contributed by atoms with Crippen molar-refractivity contribution in [1.29, 1.82) is 0 Å². The third kappa shape index (κ3) is 4.74. The normalized spacial score (nSPS) is 11.5. The monoisotopic (exact) mass is 386 g/mol. The van der Waals surface area contributed by atoms with Crippen LogP contribution >= 0.6 is 34.8 Å². The number of aromatic nitrogens is 2. The summed E-state index contributed by atoms with van der Waals surface area (Å²) < 4.78 is 1.63. The van der Waals surface area contributed by atoms with Crippen molar-refractivity contribution in [3.8, 4) is 0 Å². The molecule has 0 fully saturated rings. The minimum absolute atomic E-state index is 0.246. The topological polar surface area (TPSA) is 50.2 Å². The summed E-state index contributed by atoms with van der Waals surface area (Å²) in [6.07, 6.45) is 3.05. The molecule has 0 bridgehead atoms. The molecule has 2 rings (SSSR count). The first-order valence-electron chi connectivity index (χ1n) is 7.10. The zero-order valence-corrected chi connectivity index (χ0v) is 15.7. The number of carbonyl (C=O) groups is 1. The lowest BCUT2D eigenvalue weighted by Crippen LogP contribution is -2.34. The molecule has 0 saturated heterocycles. The summed E-state index contributed by atoms with van der Waals surface area (Å²) in [4.78, 5) is 11.7. The molecule has 0 aliphatic rings. The number of halogens is 3. The highest BCUT2D eigenvalue weighted by Crippen LogP contribution is 2.26. The predicted octanol–water partition coefficient (Wildman–Crippen LogP) is 3.81. The second-order valence-corrected chi connectivity index (χ2v) is 6.59. The number of benzene rings is 1. The SMILES string of the molecule is Cc1nn(Cc2ccc(Cl)cc2Cl)c(Cl)c1/C=C/C(=O)NN(C)C. The number of amides is 1. The molecule has 0 unspecified atom stereocenters. The largest absolute Gasteiger partial charge is 0.286 e. The fraction of sp³-hybridized carbons (Fsp3) is 0.250. The van der Waals surface area contributed by atoms with E-state index < -0.39 is 0 Å². The highest BCUT2D eigenvalue weighted by atomic mass is 35.5. The van der Waals surface area contributed by atoms with Crippen molar-refractivity contribution >= 4 is 46.8 Å². The molecular weight excluding hydrogens is 371 g/mol. The third-order valence-electron chi connectivity index (χ3n) is 3.18. The molecule has 128 valence electrons. The maximum absolute atomic E-state index is 11.7. The van der Waals surface area contributed by atoms with Gasteiger partial charge in [0.2, 0.25) is 0 Å². The van der Waals surface area contributed by atoms with Crippen LogP contribution < -0.4 is 5.43 Å². The summed E-state index contributed by atoms with van der Waals surface area (Å²) in [6, 6.07) is 5.27. The molecule has 2 aromatic rings. The van der Waals surface area contributed by atoms with Gasteiger partial charge in [0.1, 0.15) is 5.15 Å². The van der Waals surface area contributed by atoms with Gasteiger partial charge in [0.25, 0.3) is 5.91 Å². The lowest BCUT2D eigenvalue weighted by Gasteiger charge is -2.08. The quantitative estimate of drug-likeness (QED) is 0.627. The fourth-order valence-corrected chi connectivity index (χ4v) is 2.85. The van der Waals surface area contributed by atoms with E-state index in [9.17, 15) is 4.79 Å². The number of rotatable bonds is 5. The molecule has 1 N–H and O–H groups in total. The zero-order chi connectivity index (χ0) is 17.9. The van der Waals surface area contributed by atoms with Crippen molar-refractivity contribution in [2.75, 3.05) is 14.1 Å². The highest BCUT2D eigenvalue weighted by Gasteiger charge is 2.13. The molecule has 0 spiro atoms. The summed E-state index contributed by atoms with van der Waals surface area (Å²) in [5.74, 6) is -0.246. The maximum atomic E-state index is 11.7. The average Bonchev–Trinajstić information content (AvgIpc) is 2.73. The van der Waals surface area contributed by atoms with Crippen LogP contribution in [0.2, 0.25) is 15.2 Å². The van der Waals surface area contributed by atoms with Crippen LogP contribution in [0.5, 0.6) is 0 Å². The Morgan fingerprint density at radius 3 is 2.67 bits per heavy atom. The predicted molar refractivity (Wildman–Crippen MR) is 98.4 cm³/mol. The second kappa shape index (κ2) is 8.03. The minimum atomic E-state index is -0.246. The Morgan fingerprint density at radius 1 is 1.33 bits per heavy atom. The van der Waals surface area contributed by atoms with E-state index in [2.05, 4.69) is 10.5 Å². The average molecular weight is 388 g/mol. The van der Waals surface area contributed by atoms with Gasteiger partial charge >= 0.3 is 0 Å². The van der Waals surface area contributed by atoms with Gasteiger partial charge in [-0.2, -0.15) is 5.10 Å². The standard InChI is InChI=1S/C16H17Cl3N4O/c1-10-13(6-7-15(24)21-22(2)3)16(19)23(20-10)9-11-4-5-12(17)8-14(11)18/h4-8H,9H2,1-3H3,(H,21,24)/b7-6+. The first-order chi connectivity index (χ1) is 11.3. The Kier molecular flexibility index (Phi) is 6.29. The van der Waals surface area contributed by atoms with Gasteiger partial charge in [-0.3, -0.25) is 10.2 Å². The van der Waals surface area contributed by atoms with Crippen LogP contribution in [0.15, 0.2) is 24.3 Å². The molecule has 0 saturated carbocycles. The Bertz CT molecular complexity index is 784.